The maximum atomic E-state index is 9.27. The fourth-order valence-electron chi connectivity index (χ4n) is 1.15. The minimum absolute atomic E-state index is 0.0928. The molecule has 0 saturated heterocycles. The molecule has 0 bridgehead atoms. The molecular weight excluding hydrogens is 288 g/mol. The number of hydrogen-bond donors (Lipinski definition) is 4. The molecule has 0 aromatic rings. The first-order valence-corrected chi connectivity index (χ1v) is 7.64. The Labute approximate surface area is 126 Å². The van der Waals surface area contributed by atoms with Crippen LogP contribution in [0.5, 0.6) is 0 Å². The molecule has 0 aliphatic carbocycles. The number of aliphatic hydroxyl groups excluding tert-OH is 2. The van der Waals surface area contributed by atoms with E-state index in [0.29, 0.717) is 24.7 Å². The van der Waals surface area contributed by atoms with E-state index in [1.807, 2.05) is 13.8 Å². The Morgan fingerprint density at radius 3 is 1.47 bits per heavy atom. The van der Waals surface area contributed by atoms with Gasteiger partial charge in [-0.25, -0.2) is 0 Å². The molecule has 0 rings (SSSR count). The molecule has 5 nitrogen and oxygen atoms in total. The molecule has 4 atom stereocenters. The summed E-state index contributed by atoms with van der Waals surface area (Å²) in [4.78, 5) is 0. The van der Waals surface area contributed by atoms with Gasteiger partial charge in [-0.1, -0.05) is 0 Å². The van der Waals surface area contributed by atoms with E-state index >= 15 is 0 Å². The maximum Gasteiger partial charge on any atom is 0.0861 e. The Morgan fingerprint density at radius 2 is 1.16 bits per heavy atom. The lowest BCUT2D eigenvalue weighted by molar-refractivity contribution is -0.0688. The molecule has 0 spiro atoms. The molecule has 0 radical (unpaired) electrons. The summed E-state index contributed by atoms with van der Waals surface area (Å²) in [7, 11) is 0. The fraction of sp³-hybridized carbons (Fsp3) is 1.00. The number of hydrogen-bond acceptors (Lipinski definition) is 7. The summed E-state index contributed by atoms with van der Waals surface area (Å²) in [5, 5.41) is 18.5. The van der Waals surface area contributed by atoms with Crippen molar-refractivity contribution >= 4 is 25.3 Å². The topological polar surface area (TPSA) is 68.2 Å². The predicted molar refractivity (Wildman–Crippen MR) is 81.4 cm³/mol. The molecule has 0 amide bonds. The zero-order valence-corrected chi connectivity index (χ0v) is 13.4. The van der Waals surface area contributed by atoms with Crippen LogP contribution in [-0.2, 0) is 14.2 Å². The summed E-state index contributed by atoms with van der Waals surface area (Å²) < 4.78 is 16.2. The highest BCUT2D eigenvalue weighted by Crippen LogP contribution is 1.99. The molecule has 0 fully saturated rings. The Kier molecular flexibility index (Phi) is 12.6. The van der Waals surface area contributed by atoms with Crippen LogP contribution < -0.4 is 0 Å². The molecular formula is C12H26O5S2. The van der Waals surface area contributed by atoms with Crippen LogP contribution in [0, 0.1) is 0 Å². The van der Waals surface area contributed by atoms with E-state index in [4.69, 9.17) is 14.2 Å². The second kappa shape index (κ2) is 12.3. The first-order chi connectivity index (χ1) is 8.99. The standard InChI is InChI=1S/C12H26O5S2/c1-9(16-5-11(13)7-18)3-15-4-10(2)17-6-12(14)8-19/h9-14,18-19H,3-8H2,1-2H3. The smallest absolute Gasteiger partial charge is 0.0861 e. The largest absolute Gasteiger partial charge is 0.390 e. The third-order valence-corrected chi connectivity index (χ3v) is 3.12. The third-order valence-electron chi connectivity index (χ3n) is 2.27. The van der Waals surface area contributed by atoms with Crippen LogP contribution in [0.25, 0.3) is 0 Å². The lowest BCUT2D eigenvalue weighted by Crippen LogP contribution is -2.27. The minimum atomic E-state index is -0.546. The lowest BCUT2D eigenvalue weighted by Gasteiger charge is -2.18. The van der Waals surface area contributed by atoms with E-state index < -0.39 is 12.2 Å². The Hall–Kier alpha value is 0.500. The summed E-state index contributed by atoms with van der Waals surface area (Å²) in [6.45, 7) is 5.13. The molecule has 19 heavy (non-hydrogen) atoms. The van der Waals surface area contributed by atoms with Crippen LogP contribution in [0.15, 0.2) is 0 Å². The van der Waals surface area contributed by atoms with Gasteiger partial charge in [-0.15, -0.1) is 0 Å². The van der Waals surface area contributed by atoms with Crippen molar-refractivity contribution in [3.8, 4) is 0 Å². The van der Waals surface area contributed by atoms with Gasteiger partial charge in [0.2, 0.25) is 0 Å². The zero-order chi connectivity index (χ0) is 14.7. The van der Waals surface area contributed by atoms with Gasteiger partial charge in [0.05, 0.1) is 50.8 Å². The van der Waals surface area contributed by atoms with Gasteiger partial charge in [0.15, 0.2) is 0 Å². The van der Waals surface area contributed by atoms with Crippen LogP contribution >= 0.6 is 25.3 Å². The average Bonchev–Trinajstić information content (AvgIpc) is 2.41. The van der Waals surface area contributed by atoms with Crippen LogP contribution in [0.3, 0.4) is 0 Å². The second-order valence-corrected chi connectivity index (χ2v) is 5.23. The van der Waals surface area contributed by atoms with Crippen LogP contribution in [0.1, 0.15) is 13.8 Å². The molecule has 7 heteroatoms. The summed E-state index contributed by atoms with van der Waals surface area (Å²) in [6, 6.07) is 0. The second-order valence-electron chi connectivity index (χ2n) is 4.50. The first kappa shape index (κ1) is 19.5. The van der Waals surface area contributed by atoms with Gasteiger partial charge in [0, 0.05) is 11.5 Å². The van der Waals surface area contributed by atoms with Crippen molar-refractivity contribution in [3.63, 3.8) is 0 Å². The van der Waals surface area contributed by atoms with Crippen LogP contribution in [0.2, 0.25) is 0 Å². The number of thiol groups is 2. The maximum absolute atomic E-state index is 9.27. The van der Waals surface area contributed by atoms with Gasteiger partial charge in [-0.3, -0.25) is 0 Å². The molecule has 0 aromatic carbocycles. The van der Waals surface area contributed by atoms with E-state index in [1.54, 1.807) is 0 Å². The Bertz CT molecular complexity index is 189. The average molecular weight is 314 g/mol. The molecule has 0 heterocycles. The molecule has 2 N–H and O–H groups in total. The normalized spacial score (nSPS) is 18.0. The van der Waals surface area contributed by atoms with E-state index in [9.17, 15) is 10.2 Å². The summed E-state index contributed by atoms with van der Waals surface area (Å²) in [5.74, 6) is 0.762. The molecule has 4 unspecified atom stereocenters. The van der Waals surface area contributed by atoms with Crippen molar-refractivity contribution in [1.29, 1.82) is 0 Å². The highest BCUT2D eigenvalue weighted by Gasteiger charge is 2.10. The Balaban J connectivity index is 3.50. The quantitative estimate of drug-likeness (QED) is 0.393. The van der Waals surface area contributed by atoms with Gasteiger partial charge in [0.1, 0.15) is 0 Å². The van der Waals surface area contributed by atoms with E-state index in [0.717, 1.165) is 0 Å². The van der Waals surface area contributed by atoms with Gasteiger partial charge in [-0.05, 0) is 13.8 Å². The fourth-order valence-corrected chi connectivity index (χ4v) is 1.36. The molecule has 0 aliphatic rings. The third kappa shape index (κ3) is 12.0. The van der Waals surface area contributed by atoms with Gasteiger partial charge >= 0.3 is 0 Å². The van der Waals surface area contributed by atoms with Crippen molar-refractivity contribution in [2.45, 2.75) is 38.3 Å². The highest BCUT2D eigenvalue weighted by molar-refractivity contribution is 7.80. The van der Waals surface area contributed by atoms with Crippen molar-refractivity contribution in [2.24, 2.45) is 0 Å². The first-order valence-electron chi connectivity index (χ1n) is 6.38. The molecule has 0 aliphatic heterocycles. The lowest BCUT2D eigenvalue weighted by atomic mass is 10.4. The SMILES string of the molecule is CC(COCC(C)OCC(O)CS)OCC(O)CS. The zero-order valence-electron chi connectivity index (χ0n) is 11.6. The van der Waals surface area contributed by atoms with E-state index in [1.165, 1.54) is 0 Å². The molecule has 0 saturated carbocycles. The van der Waals surface area contributed by atoms with Gasteiger partial charge in [-0.2, -0.15) is 25.3 Å². The van der Waals surface area contributed by atoms with Gasteiger partial charge < -0.3 is 24.4 Å². The number of ether oxygens (including phenoxy) is 3. The minimum Gasteiger partial charge on any atom is -0.390 e. The van der Waals surface area contributed by atoms with Crippen LogP contribution in [-0.4, -0.2) is 72.6 Å². The molecule has 0 aromatic heterocycles. The number of aliphatic hydroxyl groups is 2. The summed E-state index contributed by atoms with van der Waals surface area (Å²) in [5.41, 5.74) is 0. The molecule has 116 valence electrons. The van der Waals surface area contributed by atoms with Crippen molar-refractivity contribution in [2.75, 3.05) is 37.9 Å². The van der Waals surface area contributed by atoms with Crippen molar-refractivity contribution in [1.82, 2.24) is 0 Å². The monoisotopic (exact) mass is 314 g/mol. The summed E-state index contributed by atoms with van der Waals surface area (Å²) >= 11 is 7.92. The van der Waals surface area contributed by atoms with E-state index in [-0.39, 0.29) is 25.4 Å². The van der Waals surface area contributed by atoms with Crippen molar-refractivity contribution < 1.29 is 24.4 Å². The highest BCUT2D eigenvalue weighted by atomic mass is 32.1. The number of rotatable bonds is 12. The summed E-state index contributed by atoms with van der Waals surface area (Å²) in [6.07, 6.45) is -1.28. The predicted octanol–water partition coefficient (Wildman–Crippen LogP) is 0.395. The van der Waals surface area contributed by atoms with Gasteiger partial charge in [0.25, 0.3) is 0 Å². The van der Waals surface area contributed by atoms with E-state index in [2.05, 4.69) is 25.3 Å². The Morgan fingerprint density at radius 1 is 0.789 bits per heavy atom. The van der Waals surface area contributed by atoms with Crippen molar-refractivity contribution in [3.05, 3.63) is 0 Å². The van der Waals surface area contributed by atoms with Crippen LogP contribution in [0.4, 0.5) is 0 Å².